The van der Waals surface area contributed by atoms with Crippen LogP contribution < -0.4 is 14.8 Å². The minimum absolute atomic E-state index is 0.0361. The second-order valence-corrected chi connectivity index (χ2v) is 11.8. The summed E-state index contributed by atoms with van der Waals surface area (Å²) in [4.78, 5) is 16.6. The van der Waals surface area contributed by atoms with Crippen LogP contribution in [-0.4, -0.2) is 56.1 Å². The van der Waals surface area contributed by atoms with Gasteiger partial charge in [-0.2, -0.15) is 0 Å². The van der Waals surface area contributed by atoms with Gasteiger partial charge in [-0.1, -0.05) is 42.5 Å². The molecule has 3 heterocycles. The van der Waals surface area contributed by atoms with E-state index in [1.165, 1.54) is 5.56 Å². The van der Waals surface area contributed by atoms with Crippen molar-refractivity contribution < 1.29 is 28.4 Å². The lowest BCUT2D eigenvalue weighted by molar-refractivity contribution is -0.640. The fraction of sp³-hybridized carbons (Fsp3) is 0.581. The Morgan fingerprint density at radius 2 is 1.95 bits per heavy atom. The Kier molecular flexibility index (Phi) is 6.83. The number of halogens is 2. The number of rotatable bonds is 4. The van der Waals surface area contributed by atoms with Crippen molar-refractivity contribution in [3.8, 4) is 11.5 Å². The first-order valence-corrected chi connectivity index (χ1v) is 14.3. The lowest BCUT2D eigenvalue weighted by Gasteiger charge is -2.48. The maximum atomic E-state index is 14.6. The van der Waals surface area contributed by atoms with Gasteiger partial charge in [0, 0.05) is 31.0 Å². The summed E-state index contributed by atoms with van der Waals surface area (Å²) in [6.07, 6.45) is 3.54. The summed E-state index contributed by atoms with van der Waals surface area (Å²) in [6, 6.07) is 16.2. The molecule has 38 heavy (non-hydrogen) atoms. The molecule has 6 rings (SSSR count). The molecule has 2 N–H and O–H groups in total. The highest BCUT2D eigenvalue weighted by molar-refractivity contribution is 5.82. The summed E-state index contributed by atoms with van der Waals surface area (Å²) in [6.45, 7) is 2.69. The first-order chi connectivity index (χ1) is 18.4. The zero-order chi connectivity index (χ0) is 26.3. The van der Waals surface area contributed by atoms with Crippen molar-refractivity contribution in [2.75, 3.05) is 33.4 Å². The maximum absolute atomic E-state index is 14.6. The molecule has 0 aromatic heterocycles. The molecule has 0 bridgehead atoms. The molecule has 3 fully saturated rings. The van der Waals surface area contributed by atoms with E-state index in [1.807, 2.05) is 35.2 Å². The molecular formula is C31H39F2N2O3+. The van der Waals surface area contributed by atoms with E-state index in [0.717, 1.165) is 43.5 Å². The van der Waals surface area contributed by atoms with E-state index in [0.29, 0.717) is 31.9 Å². The van der Waals surface area contributed by atoms with E-state index in [4.69, 9.17) is 9.47 Å². The zero-order valence-corrected chi connectivity index (χ0v) is 22.2. The van der Waals surface area contributed by atoms with Gasteiger partial charge in [0.05, 0.1) is 32.2 Å². The van der Waals surface area contributed by atoms with Gasteiger partial charge in [0.15, 0.2) is 11.5 Å². The molecule has 2 saturated heterocycles. The number of carbonyl (C=O) groups excluding carboxylic acids is 1. The average Bonchev–Trinajstić information content (AvgIpc) is 3.36. The van der Waals surface area contributed by atoms with E-state index in [2.05, 4.69) is 23.5 Å². The molecule has 1 saturated carbocycles. The van der Waals surface area contributed by atoms with Gasteiger partial charge in [-0.15, -0.1) is 0 Å². The second-order valence-electron chi connectivity index (χ2n) is 11.8. The first-order valence-electron chi connectivity index (χ1n) is 14.3. The highest BCUT2D eigenvalue weighted by Crippen LogP contribution is 2.50. The number of benzene rings is 2. The van der Waals surface area contributed by atoms with Crippen LogP contribution in [0.2, 0.25) is 0 Å². The lowest BCUT2D eigenvalue weighted by Crippen LogP contribution is -2.82. The monoisotopic (exact) mass is 525 g/mol. The molecule has 204 valence electrons. The maximum Gasteiger partial charge on any atom is 0.248 e. The number of para-hydroxylation sites is 1. The molecule has 3 aliphatic heterocycles. The van der Waals surface area contributed by atoms with Crippen LogP contribution >= 0.6 is 0 Å². The molecule has 2 aromatic carbocycles. The predicted octanol–water partition coefficient (Wildman–Crippen LogP) is 4.51. The summed E-state index contributed by atoms with van der Waals surface area (Å²) in [5.74, 6) is -1.14. The number of nitrogens with zero attached hydrogens (tertiary/aromatic N) is 1. The van der Waals surface area contributed by atoms with Gasteiger partial charge >= 0.3 is 0 Å². The predicted molar refractivity (Wildman–Crippen MR) is 141 cm³/mol. The van der Waals surface area contributed by atoms with Crippen molar-refractivity contribution in [1.82, 2.24) is 4.90 Å². The van der Waals surface area contributed by atoms with Crippen molar-refractivity contribution in [3.05, 3.63) is 59.7 Å². The van der Waals surface area contributed by atoms with Gasteiger partial charge in [-0.3, -0.25) is 4.79 Å². The number of nitrogens with two attached hydrogens (primary N) is 1. The average molecular weight is 526 g/mol. The summed E-state index contributed by atoms with van der Waals surface area (Å²) < 4.78 is 41.0. The molecule has 5 atom stereocenters. The van der Waals surface area contributed by atoms with Crippen LogP contribution in [0.15, 0.2) is 48.5 Å². The number of piperidine rings is 1. The smallest absolute Gasteiger partial charge is 0.248 e. The van der Waals surface area contributed by atoms with Crippen LogP contribution in [0.5, 0.6) is 11.5 Å². The summed E-state index contributed by atoms with van der Waals surface area (Å²) >= 11 is 0. The van der Waals surface area contributed by atoms with Crippen LogP contribution in [0.3, 0.4) is 0 Å². The summed E-state index contributed by atoms with van der Waals surface area (Å²) in [5, 5.41) is 2.25. The van der Waals surface area contributed by atoms with Crippen molar-refractivity contribution in [1.29, 1.82) is 0 Å². The normalized spacial score (nSPS) is 32.4. The number of alkyl halides is 2. The number of methoxy groups -OCH3 is 1. The number of hydrogen-bond acceptors (Lipinski definition) is 3. The fourth-order valence-corrected chi connectivity index (χ4v) is 7.96. The summed E-state index contributed by atoms with van der Waals surface area (Å²) in [5.41, 5.74) is 1.97. The molecule has 0 radical (unpaired) electrons. The number of quaternary nitrogens is 1. The number of hydrogen-bond donors (Lipinski definition) is 1. The Labute approximate surface area is 223 Å². The van der Waals surface area contributed by atoms with Crippen molar-refractivity contribution in [2.45, 2.75) is 68.2 Å². The van der Waals surface area contributed by atoms with Gasteiger partial charge < -0.3 is 19.7 Å². The number of ether oxygens (including phenoxy) is 2. The van der Waals surface area contributed by atoms with Crippen LogP contribution in [0, 0.1) is 11.8 Å². The fourth-order valence-electron chi connectivity index (χ4n) is 7.96. The van der Waals surface area contributed by atoms with Crippen molar-refractivity contribution in [2.24, 2.45) is 11.8 Å². The minimum Gasteiger partial charge on any atom is -0.493 e. The Balaban J connectivity index is 1.33. The third kappa shape index (κ3) is 4.47. The van der Waals surface area contributed by atoms with Gasteiger partial charge in [0.2, 0.25) is 11.8 Å². The molecule has 1 unspecified atom stereocenters. The Morgan fingerprint density at radius 1 is 1.11 bits per heavy atom. The number of amides is 1. The molecule has 1 spiro atoms. The molecule has 1 amide bonds. The molecule has 7 heteroatoms. The van der Waals surface area contributed by atoms with E-state index in [-0.39, 0.29) is 48.0 Å². The Hall–Kier alpha value is -2.67. The van der Waals surface area contributed by atoms with Crippen LogP contribution in [0.1, 0.15) is 62.0 Å². The number of fused-ring (bicyclic) bond motifs is 2. The van der Waals surface area contributed by atoms with Gasteiger partial charge in [0.25, 0.3) is 0 Å². The van der Waals surface area contributed by atoms with Crippen LogP contribution in [0.4, 0.5) is 8.78 Å². The topological polar surface area (TPSA) is 55.4 Å². The molecule has 2 aromatic rings. The quantitative estimate of drug-likeness (QED) is 0.639. The van der Waals surface area contributed by atoms with E-state index >= 15 is 0 Å². The van der Waals surface area contributed by atoms with E-state index < -0.39 is 5.92 Å². The SMILES string of the molecule is COc1cccc2c1OCC[C@]21C[NH2+]C[C@H]1C(=O)N1CC[C@@H](c2ccccc2)C[C@H]1C1CCCC(F)(F)C1. The highest BCUT2D eigenvalue weighted by Gasteiger charge is 2.56. The number of carbonyl (C=O) groups is 1. The van der Waals surface area contributed by atoms with E-state index in [1.54, 1.807) is 7.11 Å². The third-order valence-corrected chi connectivity index (χ3v) is 9.83. The van der Waals surface area contributed by atoms with Gasteiger partial charge in [-0.25, -0.2) is 8.78 Å². The largest absolute Gasteiger partial charge is 0.493 e. The minimum atomic E-state index is -2.64. The summed E-state index contributed by atoms with van der Waals surface area (Å²) in [7, 11) is 1.64. The lowest BCUT2D eigenvalue weighted by atomic mass is 9.67. The first kappa shape index (κ1) is 25.6. The molecule has 5 nitrogen and oxygen atoms in total. The Morgan fingerprint density at radius 3 is 2.74 bits per heavy atom. The third-order valence-electron chi connectivity index (χ3n) is 9.83. The zero-order valence-electron chi connectivity index (χ0n) is 22.2. The van der Waals surface area contributed by atoms with Crippen LogP contribution in [0.25, 0.3) is 0 Å². The van der Waals surface area contributed by atoms with Crippen LogP contribution in [-0.2, 0) is 10.2 Å². The Bertz CT molecular complexity index is 1160. The molecule has 4 aliphatic rings. The van der Waals surface area contributed by atoms with Crippen molar-refractivity contribution >= 4 is 5.91 Å². The van der Waals surface area contributed by atoms with Crippen molar-refractivity contribution in [3.63, 3.8) is 0 Å². The van der Waals surface area contributed by atoms with Gasteiger partial charge in [-0.05, 0) is 55.6 Å². The standard InChI is InChI=1S/C31H38F2N2O3/c1-37-27-11-5-10-24-28(27)38-16-14-30(24)20-34-19-25(30)29(36)35-15-12-22(21-7-3-2-4-8-21)17-26(35)23-9-6-13-31(32,33)18-23/h2-5,7-8,10-11,22-23,25-26,34H,6,9,12-20H2,1H3/p+1/t22-,23?,25+,26+,30+/m1/s1. The van der Waals surface area contributed by atoms with E-state index in [9.17, 15) is 13.6 Å². The molecular weight excluding hydrogens is 486 g/mol. The highest BCUT2D eigenvalue weighted by atomic mass is 19.3. The van der Waals surface area contributed by atoms with Gasteiger partial charge in [0.1, 0.15) is 5.92 Å². The second kappa shape index (κ2) is 10.1. The number of likely N-dealkylation sites (tertiary alicyclic amines) is 1. The molecule has 1 aliphatic carbocycles.